The second-order valence-corrected chi connectivity index (χ2v) is 7.81. The Bertz CT molecular complexity index is 860. The molecule has 31 heavy (non-hydrogen) atoms. The predicted molar refractivity (Wildman–Crippen MR) is 101 cm³/mol. The molecule has 0 heterocycles. The lowest BCUT2D eigenvalue weighted by Gasteiger charge is -2.28. The van der Waals surface area contributed by atoms with Gasteiger partial charge in [0.25, 0.3) is 0 Å². The van der Waals surface area contributed by atoms with Crippen LogP contribution in [0.3, 0.4) is 0 Å². The van der Waals surface area contributed by atoms with Crippen LogP contribution in [0.25, 0.3) is 0 Å². The summed E-state index contributed by atoms with van der Waals surface area (Å²) in [6.07, 6.45) is -10.1. The molecule has 0 spiro atoms. The highest BCUT2D eigenvalue weighted by Crippen LogP contribution is 2.44. The predicted octanol–water partition coefficient (Wildman–Crippen LogP) is 6.46. The molecule has 3 unspecified atom stereocenters. The molecule has 4 atom stereocenters. The average molecular weight is 449 g/mol. The molecule has 0 amide bonds. The van der Waals surface area contributed by atoms with E-state index in [1.165, 1.54) is 19.1 Å². The zero-order valence-corrected chi connectivity index (χ0v) is 16.6. The first-order valence-electron chi connectivity index (χ1n) is 9.80. The highest BCUT2D eigenvalue weighted by atomic mass is 19.4. The van der Waals surface area contributed by atoms with E-state index < -0.39 is 41.5 Å². The highest BCUT2D eigenvalue weighted by Gasteiger charge is 2.40. The maximum Gasteiger partial charge on any atom is 0.416 e. The molecule has 0 radical (unpaired) electrons. The number of rotatable bonds is 5. The van der Waals surface area contributed by atoms with Crippen molar-refractivity contribution in [3.63, 3.8) is 0 Å². The molecule has 2 nitrogen and oxygen atoms in total. The van der Waals surface area contributed by atoms with Crippen molar-refractivity contribution < 1.29 is 35.5 Å². The van der Waals surface area contributed by atoms with Gasteiger partial charge in [-0.3, -0.25) is 0 Å². The fourth-order valence-electron chi connectivity index (χ4n) is 4.18. The van der Waals surface area contributed by atoms with E-state index >= 15 is 0 Å². The lowest BCUT2D eigenvalue weighted by atomic mass is 9.87. The van der Waals surface area contributed by atoms with Crippen LogP contribution in [0.5, 0.6) is 0 Å². The molecular formula is C22H22F7NO. The molecule has 1 aliphatic rings. The van der Waals surface area contributed by atoms with Crippen LogP contribution >= 0.6 is 0 Å². The minimum Gasteiger partial charge on any atom is -0.370 e. The Kier molecular flexibility index (Phi) is 6.67. The number of halogens is 7. The molecule has 2 aromatic carbocycles. The summed E-state index contributed by atoms with van der Waals surface area (Å²) in [7, 11) is 0. The van der Waals surface area contributed by atoms with Gasteiger partial charge in [0.05, 0.1) is 23.3 Å². The van der Waals surface area contributed by atoms with Gasteiger partial charge in [-0.2, -0.15) is 26.3 Å². The third-order valence-electron chi connectivity index (χ3n) is 5.75. The third-order valence-corrected chi connectivity index (χ3v) is 5.75. The lowest BCUT2D eigenvalue weighted by Crippen LogP contribution is -2.26. The van der Waals surface area contributed by atoms with Gasteiger partial charge >= 0.3 is 12.4 Å². The normalized spacial score (nSPS) is 23.2. The van der Waals surface area contributed by atoms with Crippen LogP contribution < -0.4 is 5.73 Å². The molecular weight excluding hydrogens is 427 g/mol. The van der Waals surface area contributed by atoms with Crippen LogP contribution in [-0.4, -0.2) is 12.6 Å². The molecule has 0 saturated heterocycles. The molecule has 1 saturated carbocycles. The van der Waals surface area contributed by atoms with Crippen molar-refractivity contribution in [3.8, 4) is 0 Å². The Morgan fingerprint density at radius 2 is 1.48 bits per heavy atom. The molecule has 170 valence electrons. The maximum absolute atomic E-state index is 13.3. The quantitative estimate of drug-likeness (QED) is 0.532. The van der Waals surface area contributed by atoms with Crippen molar-refractivity contribution in [3.05, 3.63) is 70.5 Å². The molecule has 0 aromatic heterocycles. The number of hydrogen-bond donors (Lipinski definition) is 1. The average Bonchev–Trinajstić information content (AvgIpc) is 3.09. The second-order valence-electron chi connectivity index (χ2n) is 7.81. The fraction of sp³-hybridized carbons (Fsp3) is 0.455. The third kappa shape index (κ3) is 5.38. The maximum atomic E-state index is 13.3. The van der Waals surface area contributed by atoms with Crippen LogP contribution in [0, 0.1) is 11.7 Å². The van der Waals surface area contributed by atoms with E-state index in [2.05, 4.69) is 0 Å². The van der Waals surface area contributed by atoms with Crippen molar-refractivity contribution in [2.45, 2.75) is 50.2 Å². The molecule has 2 aromatic rings. The SMILES string of the molecule is C[C@H](OC1CCC(CN)C1c1ccc(F)cc1)c1cc(C(F)(F)F)cc(C(F)(F)F)c1. The highest BCUT2D eigenvalue weighted by molar-refractivity contribution is 5.35. The first-order valence-corrected chi connectivity index (χ1v) is 9.80. The summed E-state index contributed by atoms with van der Waals surface area (Å²) in [6.45, 7) is 1.76. The molecule has 1 fully saturated rings. The van der Waals surface area contributed by atoms with E-state index in [1.807, 2.05) is 0 Å². The smallest absolute Gasteiger partial charge is 0.370 e. The summed E-state index contributed by atoms with van der Waals surface area (Å²) >= 11 is 0. The van der Waals surface area contributed by atoms with Gasteiger partial charge in [0.2, 0.25) is 0 Å². The van der Waals surface area contributed by atoms with Gasteiger partial charge in [-0.15, -0.1) is 0 Å². The van der Waals surface area contributed by atoms with E-state index in [4.69, 9.17) is 10.5 Å². The minimum absolute atomic E-state index is 0.00917. The van der Waals surface area contributed by atoms with E-state index in [-0.39, 0.29) is 23.5 Å². The van der Waals surface area contributed by atoms with E-state index in [9.17, 15) is 30.7 Å². The van der Waals surface area contributed by atoms with Gasteiger partial charge in [-0.05, 0) is 73.7 Å². The second kappa shape index (κ2) is 8.78. The fourth-order valence-corrected chi connectivity index (χ4v) is 4.18. The Morgan fingerprint density at radius 3 is 1.97 bits per heavy atom. The Hall–Kier alpha value is -2.13. The van der Waals surface area contributed by atoms with Crippen LogP contribution in [0.1, 0.15) is 54.0 Å². The number of benzene rings is 2. The summed E-state index contributed by atoms with van der Waals surface area (Å²) in [4.78, 5) is 0. The monoisotopic (exact) mass is 449 g/mol. The Morgan fingerprint density at radius 1 is 0.935 bits per heavy atom. The Balaban J connectivity index is 1.90. The molecule has 1 aliphatic carbocycles. The molecule has 2 N–H and O–H groups in total. The number of ether oxygens (including phenoxy) is 1. The van der Waals surface area contributed by atoms with Gasteiger partial charge in [0, 0.05) is 5.92 Å². The summed E-state index contributed by atoms with van der Waals surface area (Å²) in [5.74, 6) is -0.642. The Labute approximate surface area is 175 Å². The van der Waals surface area contributed by atoms with Crippen molar-refractivity contribution in [2.24, 2.45) is 11.7 Å². The largest absolute Gasteiger partial charge is 0.416 e. The van der Waals surface area contributed by atoms with Crippen LogP contribution in [0.15, 0.2) is 42.5 Å². The first kappa shape index (κ1) is 23.5. The molecule has 9 heteroatoms. The number of hydrogen-bond acceptors (Lipinski definition) is 2. The van der Waals surface area contributed by atoms with Gasteiger partial charge < -0.3 is 10.5 Å². The topological polar surface area (TPSA) is 35.2 Å². The van der Waals surface area contributed by atoms with Crippen molar-refractivity contribution >= 4 is 0 Å². The van der Waals surface area contributed by atoms with Crippen LogP contribution in [-0.2, 0) is 17.1 Å². The van der Waals surface area contributed by atoms with E-state index in [0.29, 0.717) is 31.5 Å². The van der Waals surface area contributed by atoms with Crippen LogP contribution in [0.2, 0.25) is 0 Å². The van der Waals surface area contributed by atoms with E-state index in [1.54, 1.807) is 12.1 Å². The van der Waals surface area contributed by atoms with Gasteiger partial charge in [0.1, 0.15) is 5.82 Å². The number of alkyl halides is 6. The van der Waals surface area contributed by atoms with Gasteiger partial charge in [-0.1, -0.05) is 12.1 Å². The standard InChI is InChI=1S/C22H22F7NO/c1-12(15-8-16(21(24,25)26)10-17(9-15)22(27,28)29)31-19-7-4-14(11-30)20(19)13-2-5-18(23)6-3-13/h2-3,5-6,8-10,12,14,19-20H,4,7,11,30H2,1H3/t12-,14?,19?,20?/m0/s1. The van der Waals surface area contributed by atoms with Gasteiger partial charge in [-0.25, -0.2) is 4.39 Å². The summed E-state index contributed by atoms with van der Waals surface area (Å²) in [6, 6.07) is 7.25. The van der Waals surface area contributed by atoms with Crippen molar-refractivity contribution in [1.29, 1.82) is 0 Å². The van der Waals surface area contributed by atoms with E-state index in [0.717, 1.165) is 5.56 Å². The van der Waals surface area contributed by atoms with Gasteiger partial charge in [0.15, 0.2) is 0 Å². The first-order chi connectivity index (χ1) is 14.4. The van der Waals surface area contributed by atoms with Crippen molar-refractivity contribution in [2.75, 3.05) is 6.54 Å². The zero-order chi connectivity index (χ0) is 23.0. The van der Waals surface area contributed by atoms with Crippen molar-refractivity contribution in [1.82, 2.24) is 0 Å². The zero-order valence-electron chi connectivity index (χ0n) is 16.6. The summed E-state index contributed by atoms with van der Waals surface area (Å²) < 4.78 is 98.3. The number of nitrogens with two attached hydrogens (primary N) is 1. The molecule has 0 bridgehead atoms. The summed E-state index contributed by atoms with van der Waals surface area (Å²) in [5, 5.41) is 0. The minimum atomic E-state index is -4.93. The molecule has 3 rings (SSSR count). The lowest BCUT2D eigenvalue weighted by molar-refractivity contribution is -0.143. The molecule has 0 aliphatic heterocycles. The van der Waals surface area contributed by atoms with Crippen LogP contribution in [0.4, 0.5) is 30.7 Å². The summed E-state index contributed by atoms with van der Waals surface area (Å²) in [5.41, 5.74) is 3.65.